The van der Waals surface area contributed by atoms with E-state index in [0.717, 1.165) is 40.7 Å². The van der Waals surface area contributed by atoms with E-state index in [0.29, 0.717) is 22.2 Å². The standard InChI is InChI=1S/C24H16ClI2NO3S/c1-14-5-7-15(8-6-14)13-31-22-19(26)9-16(10-20(22)27)11-21-23(29)28(24(30)32-21)18-4-2-3-17(25)12-18/h2-12H,13H2,1H3/b21-11+. The molecule has 1 saturated heterocycles. The van der Waals surface area contributed by atoms with Crippen molar-refractivity contribution < 1.29 is 14.3 Å². The summed E-state index contributed by atoms with van der Waals surface area (Å²) in [5, 5.41) is 0.127. The molecule has 162 valence electrons. The minimum Gasteiger partial charge on any atom is -0.487 e. The van der Waals surface area contributed by atoms with E-state index in [1.54, 1.807) is 30.3 Å². The molecule has 1 aliphatic heterocycles. The van der Waals surface area contributed by atoms with Crippen LogP contribution in [0.1, 0.15) is 16.7 Å². The summed E-state index contributed by atoms with van der Waals surface area (Å²) in [6.07, 6.45) is 1.74. The van der Waals surface area contributed by atoms with Gasteiger partial charge >= 0.3 is 0 Å². The lowest BCUT2D eigenvalue weighted by Gasteiger charge is -2.13. The molecule has 8 heteroatoms. The number of benzene rings is 3. The molecule has 0 atom stereocenters. The molecule has 0 aliphatic carbocycles. The highest BCUT2D eigenvalue weighted by Crippen LogP contribution is 2.37. The van der Waals surface area contributed by atoms with Gasteiger partial charge in [-0.1, -0.05) is 47.5 Å². The number of nitrogens with zero attached hydrogens (tertiary/aromatic N) is 1. The molecule has 1 heterocycles. The fourth-order valence-corrected chi connectivity index (χ4v) is 6.25. The van der Waals surface area contributed by atoms with E-state index in [1.807, 2.05) is 12.1 Å². The van der Waals surface area contributed by atoms with Crippen molar-refractivity contribution in [2.75, 3.05) is 4.90 Å². The molecule has 0 radical (unpaired) electrons. The van der Waals surface area contributed by atoms with E-state index >= 15 is 0 Å². The van der Waals surface area contributed by atoms with Gasteiger partial charge in [-0.3, -0.25) is 9.59 Å². The van der Waals surface area contributed by atoms with Crippen molar-refractivity contribution in [3.05, 3.63) is 94.4 Å². The van der Waals surface area contributed by atoms with Crippen LogP contribution in [0.2, 0.25) is 5.02 Å². The highest BCUT2D eigenvalue weighted by atomic mass is 127. The Morgan fingerprint density at radius 2 is 1.72 bits per heavy atom. The number of rotatable bonds is 5. The van der Waals surface area contributed by atoms with Gasteiger partial charge in [-0.05, 0) is 111 Å². The number of ether oxygens (including phenoxy) is 1. The van der Waals surface area contributed by atoms with Gasteiger partial charge in [-0.15, -0.1) is 0 Å². The van der Waals surface area contributed by atoms with Gasteiger partial charge in [-0.25, -0.2) is 4.90 Å². The van der Waals surface area contributed by atoms with E-state index in [4.69, 9.17) is 16.3 Å². The van der Waals surface area contributed by atoms with Crippen LogP contribution < -0.4 is 9.64 Å². The SMILES string of the molecule is Cc1ccc(COc2c(I)cc(/C=C3/SC(=O)N(c4cccc(Cl)c4)C3=O)cc2I)cc1. The van der Waals surface area contributed by atoms with Gasteiger partial charge in [0.1, 0.15) is 12.4 Å². The maximum absolute atomic E-state index is 12.9. The lowest BCUT2D eigenvalue weighted by atomic mass is 10.1. The van der Waals surface area contributed by atoms with Gasteiger partial charge in [-0.2, -0.15) is 0 Å². The number of hydrogen-bond acceptors (Lipinski definition) is 4. The van der Waals surface area contributed by atoms with Crippen molar-refractivity contribution in [1.82, 2.24) is 0 Å². The van der Waals surface area contributed by atoms with Crippen LogP contribution in [0, 0.1) is 14.1 Å². The summed E-state index contributed by atoms with van der Waals surface area (Å²) in [6.45, 7) is 2.53. The minimum absolute atomic E-state index is 0.342. The molecule has 3 aromatic carbocycles. The highest BCUT2D eigenvalue weighted by Gasteiger charge is 2.36. The summed E-state index contributed by atoms with van der Waals surface area (Å²) >= 11 is 11.4. The van der Waals surface area contributed by atoms with Crippen LogP contribution in [0.5, 0.6) is 5.75 Å². The maximum atomic E-state index is 12.9. The zero-order valence-corrected chi connectivity index (χ0v) is 22.7. The Morgan fingerprint density at radius 3 is 2.38 bits per heavy atom. The van der Waals surface area contributed by atoms with Crippen LogP contribution in [0.4, 0.5) is 10.5 Å². The van der Waals surface area contributed by atoms with Crippen molar-refractivity contribution >= 4 is 91.5 Å². The summed E-state index contributed by atoms with van der Waals surface area (Å²) in [5.41, 5.74) is 3.61. The molecular formula is C24H16ClI2NO3S. The zero-order valence-electron chi connectivity index (χ0n) is 16.8. The molecule has 1 aliphatic rings. The van der Waals surface area contributed by atoms with Gasteiger partial charge in [0.2, 0.25) is 0 Å². The third kappa shape index (κ3) is 5.32. The average Bonchev–Trinajstić information content (AvgIpc) is 3.01. The molecular weight excluding hydrogens is 672 g/mol. The Balaban J connectivity index is 1.54. The quantitative estimate of drug-likeness (QED) is 0.204. The first kappa shape index (κ1) is 23.6. The van der Waals surface area contributed by atoms with Crippen molar-refractivity contribution in [1.29, 1.82) is 0 Å². The summed E-state index contributed by atoms with van der Waals surface area (Å²) in [4.78, 5) is 26.9. The fraction of sp³-hybridized carbons (Fsp3) is 0.0833. The van der Waals surface area contributed by atoms with Crippen LogP contribution >= 0.6 is 68.5 Å². The predicted octanol–water partition coefficient (Wildman–Crippen LogP) is 7.68. The second-order valence-corrected chi connectivity index (χ2v) is 10.8. The first-order valence-corrected chi connectivity index (χ1v) is 12.9. The van der Waals surface area contributed by atoms with E-state index in [-0.39, 0.29) is 11.1 Å². The zero-order chi connectivity index (χ0) is 22.8. The lowest BCUT2D eigenvalue weighted by Crippen LogP contribution is -2.27. The molecule has 2 amide bonds. The van der Waals surface area contributed by atoms with Crippen molar-refractivity contribution in [2.45, 2.75) is 13.5 Å². The minimum atomic E-state index is -0.355. The molecule has 0 saturated carbocycles. The van der Waals surface area contributed by atoms with Crippen LogP contribution in [0.3, 0.4) is 0 Å². The van der Waals surface area contributed by atoms with E-state index in [1.165, 1.54) is 5.56 Å². The van der Waals surface area contributed by atoms with Crippen LogP contribution in [0.25, 0.3) is 6.08 Å². The lowest BCUT2D eigenvalue weighted by molar-refractivity contribution is -0.113. The number of aryl methyl sites for hydroxylation is 1. The largest absolute Gasteiger partial charge is 0.487 e. The molecule has 0 bridgehead atoms. The monoisotopic (exact) mass is 687 g/mol. The molecule has 32 heavy (non-hydrogen) atoms. The highest BCUT2D eigenvalue weighted by molar-refractivity contribution is 14.1. The second-order valence-electron chi connectivity index (χ2n) is 7.08. The third-order valence-corrected chi connectivity index (χ3v) is 7.39. The van der Waals surface area contributed by atoms with Gasteiger partial charge in [0.05, 0.1) is 17.7 Å². The number of imide groups is 1. The molecule has 0 aromatic heterocycles. The Labute approximate surface area is 222 Å². The second kappa shape index (κ2) is 10.1. The van der Waals surface area contributed by atoms with E-state index < -0.39 is 0 Å². The van der Waals surface area contributed by atoms with Crippen molar-refractivity contribution in [3.63, 3.8) is 0 Å². The van der Waals surface area contributed by atoms with Gasteiger partial charge < -0.3 is 4.74 Å². The van der Waals surface area contributed by atoms with E-state index in [9.17, 15) is 9.59 Å². The normalized spacial score (nSPS) is 15.0. The Kier molecular flexibility index (Phi) is 7.48. The van der Waals surface area contributed by atoms with Crippen LogP contribution in [-0.4, -0.2) is 11.1 Å². The number of thioether (sulfide) groups is 1. The molecule has 0 unspecified atom stereocenters. The number of carbonyl (C=O) groups excluding carboxylic acids is 2. The first-order chi connectivity index (χ1) is 15.3. The van der Waals surface area contributed by atoms with Crippen molar-refractivity contribution in [2.24, 2.45) is 0 Å². The van der Waals surface area contributed by atoms with Crippen LogP contribution in [-0.2, 0) is 11.4 Å². The first-order valence-electron chi connectivity index (χ1n) is 9.53. The number of halogens is 3. The van der Waals surface area contributed by atoms with Gasteiger partial charge in [0, 0.05) is 5.02 Å². The molecule has 3 aromatic rings. The Hall–Kier alpha value is -1.56. The topological polar surface area (TPSA) is 46.6 Å². The number of anilines is 1. The predicted molar refractivity (Wildman–Crippen MR) is 147 cm³/mol. The van der Waals surface area contributed by atoms with Gasteiger partial charge in [0.25, 0.3) is 11.1 Å². The number of carbonyl (C=O) groups is 2. The molecule has 4 nitrogen and oxygen atoms in total. The molecule has 4 rings (SSSR count). The summed E-state index contributed by atoms with van der Waals surface area (Å²) in [5.74, 6) is 0.447. The van der Waals surface area contributed by atoms with Crippen molar-refractivity contribution in [3.8, 4) is 5.75 Å². The summed E-state index contributed by atoms with van der Waals surface area (Å²) in [6, 6.07) is 18.8. The fourth-order valence-electron chi connectivity index (χ4n) is 3.10. The summed E-state index contributed by atoms with van der Waals surface area (Å²) in [7, 11) is 0. The number of hydrogen-bond donors (Lipinski definition) is 0. The third-order valence-electron chi connectivity index (χ3n) is 4.68. The molecule has 1 fully saturated rings. The Morgan fingerprint density at radius 1 is 1.03 bits per heavy atom. The smallest absolute Gasteiger partial charge is 0.298 e. The van der Waals surface area contributed by atoms with E-state index in [2.05, 4.69) is 76.4 Å². The molecule has 0 N–H and O–H groups in total. The number of amides is 2. The Bertz CT molecular complexity index is 1220. The van der Waals surface area contributed by atoms with Crippen LogP contribution in [0.15, 0.2) is 65.6 Å². The summed E-state index contributed by atoms with van der Waals surface area (Å²) < 4.78 is 7.92. The average molecular weight is 688 g/mol. The van der Waals surface area contributed by atoms with Gasteiger partial charge in [0.15, 0.2) is 0 Å². The maximum Gasteiger partial charge on any atom is 0.298 e. The molecule has 0 spiro atoms.